The predicted molar refractivity (Wildman–Crippen MR) is 142 cm³/mol. The molecule has 1 saturated heterocycles. The number of carbonyl (C=O) groups excluding carboxylic acids is 1. The topological polar surface area (TPSA) is 100 Å². The van der Waals surface area contributed by atoms with Gasteiger partial charge >= 0.3 is 0 Å². The number of piperazine rings is 1. The van der Waals surface area contributed by atoms with Crippen LogP contribution < -0.4 is 20.3 Å². The molecule has 1 aliphatic heterocycles. The van der Waals surface area contributed by atoms with Crippen LogP contribution in [0.15, 0.2) is 48.9 Å². The molecule has 0 spiro atoms. The molecule has 0 amide bonds. The van der Waals surface area contributed by atoms with E-state index < -0.39 is 0 Å². The van der Waals surface area contributed by atoms with Crippen molar-refractivity contribution in [2.24, 2.45) is 7.05 Å². The second kappa shape index (κ2) is 10.2. The lowest BCUT2D eigenvalue weighted by molar-refractivity contribution is -0.108. The van der Waals surface area contributed by atoms with E-state index in [9.17, 15) is 4.79 Å². The third-order valence-electron chi connectivity index (χ3n) is 6.60. The molecule has 5 rings (SSSR count). The average molecular weight is 487 g/mol. The van der Waals surface area contributed by atoms with Gasteiger partial charge in [-0.3, -0.25) is 9.58 Å². The van der Waals surface area contributed by atoms with Gasteiger partial charge in [0.05, 0.1) is 48.1 Å². The molecular weight excluding hydrogens is 456 g/mol. The van der Waals surface area contributed by atoms with Gasteiger partial charge in [-0.1, -0.05) is 6.07 Å². The van der Waals surface area contributed by atoms with Crippen LogP contribution in [0, 0.1) is 0 Å². The molecule has 0 unspecified atom stereocenters. The predicted octanol–water partition coefficient (Wildman–Crippen LogP) is 3.15. The van der Waals surface area contributed by atoms with Gasteiger partial charge in [-0.15, -0.1) is 0 Å². The number of anilines is 4. The Kier molecular flexibility index (Phi) is 6.68. The highest BCUT2D eigenvalue weighted by Gasteiger charge is 2.21. The number of ether oxygens (including phenoxy) is 1. The Bertz CT molecular complexity index is 1380. The fourth-order valence-electron chi connectivity index (χ4n) is 4.62. The van der Waals surface area contributed by atoms with Crippen molar-refractivity contribution in [1.82, 2.24) is 24.6 Å². The molecule has 2 aromatic carbocycles. The Labute approximate surface area is 209 Å². The van der Waals surface area contributed by atoms with Gasteiger partial charge in [-0.05, 0) is 18.2 Å². The number of rotatable bonds is 8. The summed E-state index contributed by atoms with van der Waals surface area (Å²) in [4.78, 5) is 24.2. The Morgan fingerprint density at radius 1 is 1.06 bits per heavy atom. The molecule has 10 nitrogen and oxygen atoms in total. The van der Waals surface area contributed by atoms with Gasteiger partial charge in [-0.2, -0.15) is 5.10 Å². The van der Waals surface area contributed by atoms with Crippen LogP contribution in [0.2, 0.25) is 0 Å². The van der Waals surface area contributed by atoms with E-state index in [1.54, 1.807) is 13.4 Å². The van der Waals surface area contributed by atoms with Crippen molar-refractivity contribution in [2.45, 2.75) is 0 Å². The summed E-state index contributed by atoms with van der Waals surface area (Å²) in [6.45, 7) is 3.86. The van der Waals surface area contributed by atoms with Crippen molar-refractivity contribution < 1.29 is 9.53 Å². The molecule has 10 heteroatoms. The van der Waals surface area contributed by atoms with Crippen LogP contribution in [0.5, 0.6) is 5.75 Å². The van der Waals surface area contributed by atoms with E-state index in [0.717, 1.165) is 77.4 Å². The Morgan fingerprint density at radius 2 is 1.89 bits per heavy atom. The average Bonchev–Trinajstić information content (AvgIpc) is 3.29. The standard InChI is InChI=1S/C26H30N8O2/c1-27-21-13-22(25(36-3)15-24(21)34-8-6-33(7-9-34)10-11-35)31-26-14-20(28-17-29-26)18-4-5-23-19(12-18)16-30-32(23)2/h4-5,11-17,27H,6-10H2,1-3H3,(H,28,29,31). The van der Waals surface area contributed by atoms with Gasteiger partial charge in [0, 0.05) is 63.4 Å². The quantitative estimate of drug-likeness (QED) is 0.364. The number of aromatic nitrogens is 4. The highest BCUT2D eigenvalue weighted by Crippen LogP contribution is 2.38. The maximum absolute atomic E-state index is 10.8. The molecule has 0 bridgehead atoms. The molecule has 36 heavy (non-hydrogen) atoms. The minimum Gasteiger partial charge on any atom is -0.494 e. The molecule has 2 N–H and O–H groups in total. The summed E-state index contributed by atoms with van der Waals surface area (Å²) in [5.74, 6) is 1.39. The maximum atomic E-state index is 10.8. The highest BCUT2D eigenvalue weighted by atomic mass is 16.5. The first-order valence-electron chi connectivity index (χ1n) is 11.9. The lowest BCUT2D eigenvalue weighted by Crippen LogP contribution is -2.47. The van der Waals surface area contributed by atoms with E-state index >= 15 is 0 Å². The van der Waals surface area contributed by atoms with Crippen LogP contribution in [-0.4, -0.2) is 77.8 Å². The molecule has 3 heterocycles. The molecule has 0 saturated carbocycles. The third-order valence-corrected chi connectivity index (χ3v) is 6.60. The number of hydrogen-bond donors (Lipinski definition) is 2. The first-order valence-corrected chi connectivity index (χ1v) is 11.9. The van der Waals surface area contributed by atoms with Crippen LogP contribution in [0.25, 0.3) is 22.2 Å². The molecule has 2 aromatic heterocycles. The summed E-state index contributed by atoms with van der Waals surface area (Å²) >= 11 is 0. The fraction of sp³-hybridized carbons (Fsp3) is 0.308. The van der Waals surface area contributed by atoms with Gasteiger partial charge < -0.3 is 25.1 Å². The summed E-state index contributed by atoms with van der Waals surface area (Å²) < 4.78 is 7.60. The smallest absolute Gasteiger partial charge is 0.144 e. The van der Waals surface area contributed by atoms with Gasteiger partial charge in [0.2, 0.25) is 0 Å². The molecule has 4 aromatic rings. The zero-order valence-corrected chi connectivity index (χ0v) is 20.7. The highest BCUT2D eigenvalue weighted by molar-refractivity contribution is 5.85. The molecule has 0 radical (unpaired) electrons. The van der Waals surface area contributed by atoms with Gasteiger partial charge in [0.25, 0.3) is 0 Å². The summed E-state index contributed by atoms with van der Waals surface area (Å²) in [5.41, 5.74) is 5.74. The van der Waals surface area contributed by atoms with Crippen LogP contribution >= 0.6 is 0 Å². The number of fused-ring (bicyclic) bond motifs is 1. The third kappa shape index (κ3) is 4.67. The van der Waals surface area contributed by atoms with E-state index in [0.29, 0.717) is 12.4 Å². The number of aldehydes is 1. The number of aryl methyl sites for hydroxylation is 1. The van der Waals surface area contributed by atoms with Crippen molar-refractivity contribution in [3.63, 3.8) is 0 Å². The molecule has 0 aliphatic carbocycles. The van der Waals surface area contributed by atoms with Crippen molar-refractivity contribution in [2.75, 3.05) is 62.4 Å². The summed E-state index contributed by atoms with van der Waals surface area (Å²) in [6, 6.07) is 12.2. The van der Waals surface area contributed by atoms with Gasteiger partial charge in [0.15, 0.2) is 0 Å². The minimum atomic E-state index is 0.482. The molecule has 1 aliphatic rings. The lowest BCUT2D eigenvalue weighted by atomic mass is 10.1. The number of carbonyl (C=O) groups is 1. The lowest BCUT2D eigenvalue weighted by Gasteiger charge is -2.36. The zero-order chi connectivity index (χ0) is 25.1. The van der Waals surface area contributed by atoms with E-state index in [-0.39, 0.29) is 0 Å². The Balaban J connectivity index is 1.40. The van der Waals surface area contributed by atoms with Crippen LogP contribution in [-0.2, 0) is 11.8 Å². The van der Waals surface area contributed by atoms with Gasteiger partial charge in [0.1, 0.15) is 24.2 Å². The summed E-state index contributed by atoms with van der Waals surface area (Å²) in [5, 5.41) is 12.1. The van der Waals surface area contributed by atoms with Crippen molar-refractivity contribution in [3.8, 4) is 17.0 Å². The number of methoxy groups -OCH3 is 1. The number of nitrogens with zero attached hydrogens (tertiary/aromatic N) is 6. The van der Waals surface area contributed by atoms with E-state index in [4.69, 9.17) is 4.74 Å². The molecular formula is C26H30N8O2. The summed E-state index contributed by atoms with van der Waals surface area (Å²) in [6.07, 6.45) is 4.38. The van der Waals surface area contributed by atoms with Crippen LogP contribution in [0.1, 0.15) is 0 Å². The van der Waals surface area contributed by atoms with Crippen molar-refractivity contribution >= 4 is 40.1 Å². The number of nitrogens with one attached hydrogen (secondary N) is 2. The van der Waals surface area contributed by atoms with Crippen molar-refractivity contribution in [1.29, 1.82) is 0 Å². The summed E-state index contributed by atoms with van der Waals surface area (Å²) in [7, 11) is 5.51. The van der Waals surface area contributed by atoms with Crippen LogP contribution in [0.4, 0.5) is 22.9 Å². The molecule has 0 atom stereocenters. The zero-order valence-electron chi connectivity index (χ0n) is 20.7. The first kappa shape index (κ1) is 23.6. The van der Waals surface area contributed by atoms with E-state index in [1.165, 1.54) is 0 Å². The molecule has 1 fully saturated rings. The normalized spacial score (nSPS) is 14.1. The first-order chi connectivity index (χ1) is 17.6. The van der Waals surface area contributed by atoms with E-state index in [1.807, 2.05) is 55.3 Å². The largest absolute Gasteiger partial charge is 0.494 e. The number of hydrogen-bond acceptors (Lipinski definition) is 9. The van der Waals surface area contributed by atoms with E-state index in [2.05, 4.69) is 41.6 Å². The number of benzene rings is 2. The SMILES string of the molecule is CNc1cc(Nc2cc(-c3ccc4c(cnn4C)c3)ncn2)c(OC)cc1N1CCN(CC=O)CC1. The second-order valence-corrected chi connectivity index (χ2v) is 8.73. The second-order valence-electron chi connectivity index (χ2n) is 8.73. The van der Waals surface area contributed by atoms with Crippen LogP contribution in [0.3, 0.4) is 0 Å². The van der Waals surface area contributed by atoms with Crippen molar-refractivity contribution in [3.05, 3.63) is 48.9 Å². The van der Waals surface area contributed by atoms with Gasteiger partial charge in [-0.25, -0.2) is 9.97 Å². The fourth-order valence-corrected chi connectivity index (χ4v) is 4.62. The minimum absolute atomic E-state index is 0.482. The maximum Gasteiger partial charge on any atom is 0.144 e. The monoisotopic (exact) mass is 486 g/mol. The Morgan fingerprint density at radius 3 is 2.64 bits per heavy atom. The Hall–Kier alpha value is -4.18. The molecule has 186 valence electrons.